The number of rotatable bonds is 0. The molecule has 0 unspecified atom stereocenters. The van der Waals surface area contributed by atoms with E-state index in [1.807, 2.05) is 0 Å². The Bertz CT molecular complexity index is 133. The Labute approximate surface area is 54.8 Å². The van der Waals surface area contributed by atoms with Gasteiger partial charge in [-0.3, -0.25) is 0 Å². The Kier molecular flexibility index (Phi) is 1.42. The van der Waals surface area contributed by atoms with E-state index in [4.69, 9.17) is 4.74 Å². The predicted octanol–water partition coefficient (Wildman–Crippen LogP) is -0.131. The molecule has 1 aliphatic rings. The molecule has 0 aromatic carbocycles. The van der Waals surface area contributed by atoms with Gasteiger partial charge in [0.05, 0.1) is 0 Å². The summed E-state index contributed by atoms with van der Waals surface area (Å²) in [5.41, 5.74) is 0. The predicted molar refractivity (Wildman–Crippen MR) is 31.7 cm³/mol. The molecule has 7 heavy (non-hydrogen) atoms. The van der Waals surface area contributed by atoms with Gasteiger partial charge in [0.25, 0.3) is 0 Å². The fourth-order valence-electron chi connectivity index (χ4n) is 0.290. The van der Waals surface area contributed by atoms with Crippen LogP contribution in [0.1, 0.15) is 0 Å². The van der Waals surface area contributed by atoms with E-state index in [0.717, 1.165) is 0 Å². The molecule has 37 valence electrons. The van der Waals surface area contributed by atoms with Crippen molar-refractivity contribution in [1.82, 2.24) is 0 Å². The molecule has 1 heterocycles. The summed E-state index contributed by atoms with van der Waals surface area (Å²) in [5.74, 6) is 0. The quantitative estimate of drug-likeness (QED) is 0.381. The topological polar surface area (TPSA) is 21.6 Å². The summed E-state index contributed by atoms with van der Waals surface area (Å²) in [6.45, 7) is 0.470. The molecule has 0 aromatic rings. The first-order chi connectivity index (χ1) is 3.29. The van der Waals surface area contributed by atoms with Gasteiger partial charge < -0.3 is 0 Å². The number of hydrogen-bond acceptors (Lipinski definition) is 2. The molecule has 0 saturated heterocycles. The zero-order chi connectivity index (χ0) is 5.28. The van der Waals surface area contributed by atoms with Gasteiger partial charge in [0.15, 0.2) is 0 Å². The summed E-state index contributed by atoms with van der Waals surface area (Å²) in [6.07, 6.45) is 0. The number of aliphatic imine (C=N–C) groups is 1. The third kappa shape index (κ3) is 1.23. The van der Waals surface area contributed by atoms with E-state index in [9.17, 15) is 0 Å². The van der Waals surface area contributed by atoms with Crippen molar-refractivity contribution in [2.75, 3.05) is 6.61 Å². The van der Waals surface area contributed by atoms with Crippen molar-refractivity contribution in [2.24, 2.45) is 4.99 Å². The maximum absolute atomic E-state index is 4.82. The van der Waals surface area contributed by atoms with Crippen LogP contribution in [0.3, 0.4) is 0 Å². The van der Waals surface area contributed by atoms with Crippen LogP contribution in [0.15, 0.2) is 4.99 Å². The molecule has 4 heteroatoms. The van der Waals surface area contributed by atoms with Crippen LogP contribution in [-0.4, -0.2) is 32.4 Å². The standard InChI is InChI=1S/C3H2NOSSe/c6-2-1-5-3(7)4-2/h1H2. The van der Waals surface area contributed by atoms with Crippen molar-refractivity contribution in [3.63, 3.8) is 0 Å². The monoisotopic (exact) mass is 180 g/mol. The second-order valence-corrected chi connectivity index (χ2v) is 2.26. The first-order valence-electron chi connectivity index (χ1n) is 1.70. The minimum absolute atomic E-state index is 0.470. The molecule has 1 aliphatic heterocycles. The fraction of sp³-hybridized carbons (Fsp3) is 0.333. The van der Waals surface area contributed by atoms with Crippen molar-refractivity contribution >= 4 is 38.0 Å². The molecule has 2 nitrogen and oxygen atoms in total. The Morgan fingerprint density at radius 3 is 2.71 bits per heavy atom. The van der Waals surface area contributed by atoms with Crippen LogP contribution >= 0.6 is 12.2 Å². The van der Waals surface area contributed by atoms with Crippen molar-refractivity contribution in [2.45, 2.75) is 0 Å². The van der Waals surface area contributed by atoms with E-state index in [2.05, 4.69) is 33.2 Å². The van der Waals surface area contributed by atoms with Crippen molar-refractivity contribution in [3.8, 4) is 0 Å². The zero-order valence-electron chi connectivity index (χ0n) is 3.38. The normalized spacial score (nSPS) is 18.9. The van der Waals surface area contributed by atoms with Crippen LogP contribution in [0.4, 0.5) is 0 Å². The van der Waals surface area contributed by atoms with E-state index in [1.54, 1.807) is 0 Å². The fourth-order valence-corrected chi connectivity index (χ4v) is 0.917. The summed E-state index contributed by atoms with van der Waals surface area (Å²) in [6, 6.07) is 0. The van der Waals surface area contributed by atoms with Crippen molar-refractivity contribution < 1.29 is 4.74 Å². The second-order valence-electron chi connectivity index (χ2n) is 1.06. The molecular formula is C3H2NOSSe. The molecule has 1 rings (SSSR count). The Hall–Kier alpha value is 0.0795. The van der Waals surface area contributed by atoms with Crippen molar-refractivity contribution in [1.29, 1.82) is 0 Å². The summed E-state index contributed by atoms with van der Waals surface area (Å²) >= 11 is 7.27. The SMILES string of the molecule is S=C1COC([Se])=N1. The molecule has 0 aromatic heterocycles. The van der Waals surface area contributed by atoms with Crippen LogP contribution in [0, 0.1) is 0 Å². The van der Waals surface area contributed by atoms with Gasteiger partial charge in [0.1, 0.15) is 0 Å². The molecule has 0 atom stereocenters. The van der Waals surface area contributed by atoms with Crippen LogP contribution in [-0.2, 0) is 4.74 Å². The maximum atomic E-state index is 4.82. The van der Waals surface area contributed by atoms with Gasteiger partial charge in [-0.05, 0) is 0 Å². The Morgan fingerprint density at radius 1 is 1.86 bits per heavy atom. The van der Waals surface area contributed by atoms with E-state index >= 15 is 0 Å². The average Bonchev–Trinajstić information content (AvgIpc) is 1.87. The van der Waals surface area contributed by atoms with Crippen LogP contribution in [0.2, 0.25) is 0 Å². The van der Waals surface area contributed by atoms with Gasteiger partial charge in [0, 0.05) is 0 Å². The van der Waals surface area contributed by atoms with Gasteiger partial charge in [-0.25, -0.2) is 0 Å². The summed E-state index contributed by atoms with van der Waals surface area (Å²) in [5, 5.41) is 0. The molecule has 0 spiro atoms. The second kappa shape index (κ2) is 1.90. The number of ether oxygens (including phenoxy) is 1. The summed E-state index contributed by atoms with van der Waals surface area (Å²) in [7, 11) is 0. The molecule has 0 bridgehead atoms. The van der Waals surface area contributed by atoms with Crippen LogP contribution in [0.25, 0.3) is 0 Å². The first kappa shape index (κ1) is 5.22. The van der Waals surface area contributed by atoms with Gasteiger partial charge >= 0.3 is 54.4 Å². The van der Waals surface area contributed by atoms with Crippen LogP contribution < -0.4 is 0 Å². The van der Waals surface area contributed by atoms with Gasteiger partial charge in [-0.2, -0.15) is 0 Å². The Balaban J connectivity index is 2.67. The minimum atomic E-state index is 0.470. The third-order valence-electron chi connectivity index (χ3n) is 0.535. The van der Waals surface area contributed by atoms with E-state index < -0.39 is 0 Å². The number of thiocarbonyl (C=S) groups is 1. The van der Waals surface area contributed by atoms with Gasteiger partial charge in [0.2, 0.25) is 0 Å². The van der Waals surface area contributed by atoms with Gasteiger partial charge in [-0.15, -0.1) is 0 Å². The van der Waals surface area contributed by atoms with Crippen LogP contribution in [0.5, 0.6) is 0 Å². The summed E-state index contributed by atoms with van der Waals surface area (Å²) < 4.78 is 4.82. The average molecular weight is 179 g/mol. The number of nitrogens with zero attached hydrogens (tertiary/aromatic N) is 1. The molecule has 0 saturated carbocycles. The number of hydrogen-bond donors (Lipinski definition) is 0. The third-order valence-corrected chi connectivity index (χ3v) is 1.18. The van der Waals surface area contributed by atoms with Gasteiger partial charge in [-0.1, -0.05) is 0 Å². The molecule has 0 aliphatic carbocycles. The first-order valence-corrected chi connectivity index (χ1v) is 2.97. The van der Waals surface area contributed by atoms with E-state index in [-0.39, 0.29) is 0 Å². The van der Waals surface area contributed by atoms with E-state index in [1.165, 1.54) is 0 Å². The molecule has 0 N–H and O–H groups in total. The summed E-state index contributed by atoms with van der Waals surface area (Å²) in [4.78, 5) is 4.94. The molecule has 0 fully saturated rings. The Morgan fingerprint density at radius 2 is 2.57 bits per heavy atom. The molecule has 0 amide bonds. The molecule has 1 radical (unpaired) electrons. The van der Waals surface area contributed by atoms with E-state index in [0.29, 0.717) is 16.4 Å². The van der Waals surface area contributed by atoms with Crippen molar-refractivity contribution in [3.05, 3.63) is 0 Å². The molecular weight excluding hydrogens is 177 g/mol. The zero-order valence-corrected chi connectivity index (χ0v) is 5.91.